The van der Waals surface area contributed by atoms with Crippen molar-refractivity contribution in [3.8, 4) is 11.1 Å². The van der Waals surface area contributed by atoms with Gasteiger partial charge in [0, 0.05) is 24.2 Å². The zero-order valence-electron chi connectivity index (χ0n) is 23.1. The Morgan fingerprint density at radius 2 is 1.79 bits per heavy atom. The molecular formula is C30H29F3N4O5. The maximum Gasteiger partial charge on any atom is 0.411 e. The van der Waals surface area contributed by atoms with E-state index in [4.69, 9.17) is 10.5 Å². The molecule has 1 saturated heterocycles. The highest BCUT2D eigenvalue weighted by Gasteiger charge is 2.41. The highest BCUT2D eigenvalue weighted by Crippen LogP contribution is 2.31. The van der Waals surface area contributed by atoms with Crippen LogP contribution in [-0.2, 0) is 20.7 Å². The molecule has 1 aliphatic heterocycles. The Kier molecular flexibility index (Phi) is 8.64. The topological polar surface area (TPSA) is 132 Å². The summed E-state index contributed by atoms with van der Waals surface area (Å²) in [6.07, 6.45) is 0.165. The summed E-state index contributed by atoms with van der Waals surface area (Å²) < 4.78 is 47.8. The number of nitrogens with two attached hydrogens (primary N) is 1. The number of rotatable bonds is 7. The fourth-order valence-corrected chi connectivity index (χ4v) is 4.71. The Bertz CT molecular complexity index is 1540. The van der Waals surface area contributed by atoms with Gasteiger partial charge in [0.1, 0.15) is 29.1 Å². The number of carbonyl (C=O) groups is 4. The van der Waals surface area contributed by atoms with E-state index >= 15 is 0 Å². The number of amides is 3. The normalized spacial score (nSPS) is 15.8. The van der Waals surface area contributed by atoms with E-state index < -0.39 is 53.0 Å². The van der Waals surface area contributed by atoms with Crippen LogP contribution in [0.5, 0.6) is 0 Å². The highest BCUT2D eigenvalue weighted by molar-refractivity contribution is 5.98. The highest BCUT2D eigenvalue weighted by atomic mass is 19.1. The summed E-state index contributed by atoms with van der Waals surface area (Å²) in [6.45, 7) is 4.61. The Hall–Kier alpha value is -4.74. The van der Waals surface area contributed by atoms with Crippen LogP contribution < -0.4 is 11.1 Å². The summed E-state index contributed by atoms with van der Waals surface area (Å²) >= 11 is 0. The predicted octanol–water partition coefficient (Wildman–Crippen LogP) is 4.24. The molecule has 0 saturated carbocycles. The summed E-state index contributed by atoms with van der Waals surface area (Å²) in [5.74, 6) is -4.56. The zero-order chi connectivity index (χ0) is 30.8. The lowest BCUT2D eigenvalue weighted by Gasteiger charge is -2.29. The van der Waals surface area contributed by atoms with Crippen molar-refractivity contribution in [3.05, 3.63) is 89.0 Å². The lowest BCUT2D eigenvalue weighted by molar-refractivity contribution is -0.126. The van der Waals surface area contributed by atoms with Crippen LogP contribution in [0.2, 0.25) is 0 Å². The van der Waals surface area contributed by atoms with Crippen molar-refractivity contribution < 1.29 is 37.1 Å². The summed E-state index contributed by atoms with van der Waals surface area (Å²) in [7, 11) is 0. The molecule has 0 unspecified atom stereocenters. The Balaban J connectivity index is 1.75. The van der Waals surface area contributed by atoms with Gasteiger partial charge in [-0.1, -0.05) is 12.1 Å². The number of hydrogen-bond acceptors (Lipinski definition) is 6. The molecule has 4 rings (SSSR count). The third-order valence-corrected chi connectivity index (χ3v) is 6.46. The quantitative estimate of drug-likeness (QED) is 0.428. The first kappa shape index (κ1) is 30.2. The van der Waals surface area contributed by atoms with Gasteiger partial charge in [-0.15, -0.1) is 0 Å². The Labute approximate surface area is 239 Å². The third kappa shape index (κ3) is 7.12. The first-order valence-electron chi connectivity index (χ1n) is 13.0. The first-order chi connectivity index (χ1) is 19.7. The van der Waals surface area contributed by atoms with Gasteiger partial charge in [0.2, 0.25) is 5.91 Å². The van der Waals surface area contributed by atoms with Gasteiger partial charge in [0.05, 0.1) is 23.8 Å². The SMILES string of the molecule is CC(C)(C)OC(=O)N1CC(=O)C[C@H]1C(=O)N[C@@H](Cc1cc(F)cc(F)c1)c1ncccc1-c1ccc(F)c(C(N)=O)c1. The fraction of sp³-hybridized carbons (Fsp3) is 0.300. The number of hydrogen-bond donors (Lipinski definition) is 2. The van der Waals surface area contributed by atoms with E-state index in [9.17, 15) is 32.3 Å². The van der Waals surface area contributed by atoms with E-state index in [0.717, 1.165) is 23.1 Å². The summed E-state index contributed by atoms with van der Waals surface area (Å²) in [4.78, 5) is 56.0. The molecule has 1 fully saturated rings. The van der Waals surface area contributed by atoms with Crippen LogP contribution in [0.1, 0.15) is 54.8 Å². The van der Waals surface area contributed by atoms with Crippen molar-refractivity contribution in [1.82, 2.24) is 15.2 Å². The molecular weight excluding hydrogens is 553 g/mol. The van der Waals surface area contributed by atoms with Gasteiger partial charge in [-0.3, -0.25) is 24.3 Å². The molecule has 2 aromatic carbocycles. The molecule has 1 aromatic heterocycles. The molecule has 3 aromatic rings. The second-order valence-electron chi connectivity index (χ2n) is 10.9. The number of aromatic nitrogens is 1. The average Bonchev–Trinajstić information content (AvgIpc) is 3.29. The molecule has 2 heterocycles. The monoisotopic (exact) mass is 582 g/mol. The summed E-state index contributed by atoms with van der Waals surface area (Å²) in [5, 5.41) is 2.78. The molecule has 0 radical (unpaired) electrons. The number of primary amides is 1. The summed E-state index contributed by atoms with van der Waals surface area (Å²) in [6, 6.07) is 7.51. The molecule has 220 valence electrons. The minimum Gasteiger partial charge on any atom is -0.444 e. The minimum atomic E-state index is -1.21. The molecule has 1 aliphatic rings. The van der Waals surface area contributed by atoms with Crippen molar-refractivity contribution >= 4 is 23.7 Å². The van der Waals surface area contributed by atoms with E-state index in [1.54, 1.807) is 32.9 Å². The molecule has 0 bridgehead atoms. The number of benzene rings is 2. The second kappa shape index (κ2) is 12.0. The second-order valence-corrected chi connectivity index (χ2v) is 10.9. The standard InChI is InChI=1S/C30H29F3N4O5/c1-30(2,3)42-29(41)37-15-20(38)14-25(37)28(40)36-24(11-16-9-18(31)13-19(32)10-16)26-21(5-4-8-35-26)17-6-7-23(33)22(12-17)27(34)39/h4-10,12-13,24-25H,11,14-15H2,1-3H3,(H2,34,39)(H,36,40)/t24-,25-/m0/s1. The third-order valence-electron chi connectivity index (χ3n) is 6.46. The number of pyridine rings is 1. The smallest absolute Gasteiger partial charge is 0.411 e. The minimum absolute atomic E-state index is 0.151. The van der Waals surface area contributed by atoms with Gasteiger partial charge >= 0.3 is 6.09 Å². The van der Waals surface area contributed by atoms with Crippen molar-refractivity contribution in [1.29, 1.82) is 0 Å². The van der Waals surface area contributed by atoms with E-state index in [0.29, 0.717) is 17.2 Å². The molecule has 0 aliphatic carbocycles. The molecule has 42 heavy (non-hydrogen) atoms. The molecule has 0 spiro atoms. The van der Waals surface area contributed by atoms with Crippen molar-refractivity contribution in [2.24, 2.45) is 5.73 Å². The van der Waals surface area contributed by atoms with E-state index in [1.807, 2.05) is 0 Å². The van der Waals surface area contributed by atoms with E-state index in [2.05, 4.69) is 10.3 Å². The molecule has 12 heteroatoms. The van der Waals surface area contributed by atoms with Crippen LogP contribution in [0.3, 0.4) is 0 Å². The number of ketones is 1. The lowest BCUT2D eigenvalue weighted by Crippen LogP contribution is -2.48. The van der Waals surface area contributed by atoms with Crippen molar-refractivity contribution in [2.75, 3.05) is 6.54 Å². The molecule has 2 atom stereocenters. The molecule has 3 N–H and O–H groups in total. The number of halogens is 3. The van der Waals surface area contributed by atoms with Crippen LogP contribution in [0.15, 0.2) is 54.7 Å². The van der Waals surface area contributed by atoms with Crippen molar-refractivity contribution in [2.45, 2.75) is 51.3 Å². The number of Topliss-reactive ketones (excluding diaryl/α,β-unsaturated/α-hetero) is 1. The summed E-state index contributed by atoms with van der Waals surface area (Å²) in [5.41, 5.74) is 5.17. The van der Waals surface area contributed by atoms with Crippen LogP contribution in [0.25, 0.3) is 11.1 Å². The van der Waals surface area contributed by atoms with Crippen LogP contribution >= 0.6 is 0 Å². The van der Waals surface area contributed by atoms with Crippen LogP contribution in [0, 0.1) is 17.5 Å². The number of carbonyl (C=O) groups excluding carboxylic acids is 4. The van der Waals surface area contributed by atoms with Gasteiger partial charge < -0.3 is 15.8 Å². The fourth-order valence-electron chi connectivity index (χ4n) is 4.71. The predicted molar refractivity (Wildman–Crippen MR) is 145 cm³/mol. The van der Waals surface area contributed by atoms with E-state index in [1.165, 1.54) is 18.3 Å². The zero-order valence-corrected chi connectivity index (χ0v) is 23.1. The number of nitrogens with zero attached hydrogens (tertiary/aromatic N) is 2. The largest absolute Gasteiger partial charge is 0.444 e. The van der Waals surface area contributed by atoms with Gasteiger partial charge in [0.15, 0.2) is 5.78 Å². The first-order valence-corrected chi connectivity index (χ1v) is 13.0. The van der Waals surface area contributed by atoms with Crippen LogP contribution in [-0.4, -0.2) is 51.8 Å². The number of likely N-dealkylation sites (tertiary alicyclic amines) is 1. The van der Waals surface area contributed by atoms with E-state index in [-0.39, 0.29) is 42.0 Å². The Morgan fingerprint density at radius 1 is 1.10 bits per heavy atom. The molecule has 9 nitrogen and oxygen atoms in total. The maximum absolute atomic E-state index is 14.2. The Morgan fingerprint density at radius 3 is 2.43 bits per heavy atom. The maximum atomic E-state index is 14.2. The lowest BCUT2D eigenvalue weighted by atomic mass is 9.94. The number of ether oxygens (including phenoxy) is 1. The average molecular weight is 583 g/mol. The van der Waals surface area contributed by atoms with Crippen molar-refractivity contribution in [3.63, 3.8) is 0 Å². The van der Waals surface area contributed by atoms with Gasteiger partial charge in [0.25, 0.3) is 5.91 Å². The molecule has 3 amide bonds. The van der Waals surface area contributed by atoms with Gasteiger partial charge in [-0.25, -0.2) is 18.0 Å². The number of nitrogens with one attached hydrogen (secondary N) is 1. The van der Waals surface area contributed by atoms with Gasteiger partial charge in [-0.05, 0) is 68.7 Å². The van der Waals surface area contributed by atoms with Crippen LogP contribution in [0.4, 0.5) is 18.0 Å². The van der Waals surface area contributed by atoms with Gasteiger partial charge in [-0.2, -0.15) is 0 Å².